The average molecular weight is 334 g/mol. The SMILES string of the molecule is O=C(CN1C(=O)CSC1c1cccc(F)c1)NCc1ccco1. The molecule has 1 aromatic carbocycles. The Kier molecular flexibility index (Phi) is 4.66. The van der Waals surface area contributed by atoms with Crippen molar-refractivity contribution < 1.29 is 18.4 Å². The summed E-state index contributed by atoms with van der Waals surface area (Å²) >= 11 is 1.39. The largest absolute Gasteiger partial charge is 0.467 e. The highest BCUT2D eigenvalue weighted by Crippen LogP contribution is 2.38. The van der Waals surface area contributed by atoms with E-state index in [1.54, 1.807) is 24.3 Å². The van der Waals surface area contributed by atoms with Gasteiger partial charge in [0.05, 0.1) is 18.6 Å². The summed E-state index contributed by atoms with van der Waals surface area (Å²) < 4.78 is 18.5. The molecule has 1 unspecified atom stereocenters. The molecule has 0 radical (unpaired) electrons. The van der Waals surface area contributed by atoms with Gasteiger partial charge in [0.25, 0.3) is 0 Å². The molecule has 5 nitrogen and oxygen atoms in total. The minimum absolute atomic E-state index is 0.0618. The molecule has 0 bridgehead atoms. The van der Waals surface area contributed by atoms with Gasteiger partial charge in [0, 0.05) is 0 Å². The number of halogens is 1. The maximum absolute atomic E-state index is 13.4. The van der Waals surface area contributed by atoms with Gasteiger partial charge in [-0.1, -0.05) is 12.1 Å². The van der Waals surface area contributed by atoms with Gasteiger partial charge >= 0.3 is 0 Å². The first-order valence-corrected chi connectivity index (χ1v) is 8.14. The number of hydrogen-bond acceptors (Lipinski definition) is 4. The average Bonchev–Trinajstić information content (AvgIpc) is 3.16. The van der Waals surface area contributed by atoms with E-state index < -0.39 is 0 Å². The number of hydrogen-bond donors (Lipinski definition) is 1. The molecule has 1 fully saturated rings. The molecule has 0 spiro atoms. The van der Waals surface area contributed by atoms with Gasteiger partial charge in [-0.25, -0.2) is 4.39 Å². The topological polar surface area (TPSA) is 62.6 Å². The van der Waals surface area contributed by atoms with Crippen LogP contribution in [-0.2, 0) is 16.1 Å². The lowest BCUT2D eigenvalue weighted by atomic mass is 10.2. The summed E-state index contributed by atoms with van der Waals surface area (Å²) in [5, 5.41) is 2.37. The fraction of sp³-hybridized carbons (Fsp3) is 0.250. The number of nitrogens with zero attached hydrogens (tertiary/aromatic N) is 1. The van der Waals surface area contributed by atoms with Crippen LogP contribution in [0.2, 0.25) is 0 Å². The van der Waals surface area contributed by atoms with Gasteiger partial charge in [-0.2, -0.15) is 0 Å². The fourth-order valence-corrected chi connectivity index (χ4v) is 3.55. The number of benzene rings is 1. The van der Waals surface area contributed by atoms with Crippen LogP contribution < -0.4 is 5.32 Å². The third kappa shape index (κ3) is 3.73. The van der Waals surface area contributed by atoms with Crippen LogP contribution in [0.1, 0.15) is 16.7 Å². The molecule has 0 aliphatic carbocycles. The van der Waals surface area contributed by atoms with E-state index in [0.717, 1.165) is 0 Å². The van der Waals surface area contributed by atoms with E-state index in [1.165, 1.54) is 35.1 Å². The molecule has 2 heterocycles. The molecule has 1 aliphatic rings. The predicted molar refractivity (Wildman–Crippen MR) is 83.9 cm³/mol. The van der Waals surface area contributed by atoms with Crippen molar-refractivity contribution in [2.45, 2.75) is 11.9 Å². The Labute approximate surface area is 136 Å². The molecular formula is C16H15FN2O3S. The molecule has 7 heteroatoms. The Hall–Kier alpha value is -2.28. The smallest absolute Gasteiger partial charge is 0.240 e. The van der Waals surface area contributed by atoms with Gasteiger partial charge in [0.15, 0.2) is 0 Å². The van der Waals surface area contributed by atoms with Crippen molar-refractivity contribution in [2.75, 3.05) is 12.3 Å². The van der Waals surface area contributed by atoms with Crippen molar-refractivity contribution in [2.24, 2.45) is 0 Å². The number of thioether (sulfide) groups is 1. The zero-order valence-corrected chi connectivity index (χ0v) is 13.0. The van der Waals surface area contributed by atoms with Crippen LogP contribution in [0.5, 0.6) is 0 Å². The van der Waals surface area contributed by atoms with Crippen molar-refractivity contribution in [3.05, 3.63) is 59.8 Å². The second-order valence-corrected chi connectivity index (χ2v) is 6.16. The molecule has 1 N–H and O–H groups in total. The van der Waals surface area contributed by atoms with Gasteiger partial charge in [0.1, 0.15) is 23.5 Å². The molecule has 2 aromatic rings. The number of carbonyl (C=O) groups excluding carboxylic acids is 2. The Morgan fingerprint density at radius 1 is 1.39 bits per heavy atom. The molecule has 3 rings (SSSR count). The first-order valence-electron chi connectivity index (χ1n) is 7.09. The summed E-state index contributed by atoms with van der Waals surface area (Å²) in [4.78, 5) is 25.5. The lowest BCUT2D eigenvalue weighted by Gasteiger charge is -2.23. The number of carbonyl (C=O) groups is 2. The fourth-order valence-electron chi connectivity index (χ4n) is 2.37. The van der Waals surface area contributed by atoms with Crippen molar-refractivity contribution in [3.63, 3.8) is 0 Å². The van der Waals surface area contributed by atoms with E-state index >= 15 is 0 Å². The maximum atomic E-state index is 13.4. The Morgan fingerprint density at radius 3 is 3.00 bits per heavy atom. The third-order valence-electron chi connectivity index (χ3n) is 3.46. The van der Waals surface area contributed by atoms with E-state index in [0.29, 0.717) is 11.3 Å². The Balaban J connectivity index is 1.64. The number of furan rings is 1. The van der Waals surface area contributed by atoms with Gasteiger partial charge in [-0.15, -0.1) is 11.8 Å². The second-order valence-electron chi connectivity index (χ2n) is 5.10. The van der Waals surface area contributed by atoms with Crippen molar-refractivity contribution in [1.29, 1.82) is 0 Å². The van der Waals surface area contributed by atoms with Crippen LogP contribution in [0.4, 0.5) is 4.39 Å². The minimum atomic E-state index is -0.357. The van der Waals surface area contributed by atoms with E-state index in [1.807, 2.05) is 0 Å². The van der Waals surface area contributed by atoms with E-state index in [9.17, 15) is 14.0 Å². The van der Waals surface area contributed by atoms with Crippen molar-refractivity contribution in [1.82, 2.24) is 10.2 Å². The van der Waals surface area contributed by atoms with Crippen LogP contribution in [-0.4, -0.2) is 29.0 Å². The van der Waals surface area contributed by atoms with Gasteiger partial charge in [-0.3, -0.25) is 9.59 Å². The molecule has 23 heavy (non-hydrogen) atoms. The molecule has 1 aromatic heterocycles. The third-order valence-corrected chi connectivity index (χ3v) is 4.71. The van der Waals surface area contributed by atoms with Crippen LogP contribution in [0.25, 0.3) is 0 Å². The van der Waals surface area contributed by atoms with Crippen LogP contribution >= 0.6 is 11.8 Å². The van der Waals surface area contributed by atoms with E-state index in [-0.39, 0.29) is 41.8 Å². The summed E-state index contributed by atoms with van der Waals surface area (Å²) in [6.45, 7) is 0.208. The van der Waals surface area contributed by atoms with Crippen LogP contribution in [0, 0.1) is 5.82 Å². The first kappa shape index (κ1) is 15.6. The molecule has 1 atom stereocenters. The van der Waals surface area contributed by atoms with Crippen molar-refractivity contribution in [3.8, 4) is 0 Å². The quantitative estimate of drug-likeness (QED) is 0.911. The first-order chi connectivity index (χ1) is 11.1. The van der Waals surface area contributed by atoms with Gasteiger partial charge < -0.3 is 14.6 Å². The lowest BCUT2D eigenvalue weighted by molar-refractivity contribution is -0.133. The Morgan fingerprint density at radius 2 is 2.26 bits per heavy atom. The second kappa shape index (κ2) is 6.87. The standard InChI is InChI=1S/C16H15FN2O3S/c17-12-4-1-3-11(7-12)16-19(15(21)10-23-16)9-14(20)18-8-13-5-2-6-22-13/h1-7,16H,8-10H2,(H,18,20). The number of rotatable bonds is 5. The molecule has 120 valence electrons. The predicted octanol–water partition coefficient (Wildman–Crippen LogP) is 2.31. The lowest BCUT2D eigenvalue weighted by Crippen LogP contribution is -2.39. The maximum Gasteiger partial charge on any atom is 0.240 e. The number of amides is 2. The summed E-state index contributed by atoms with van der Waals surface area (Å²) in [7, 11) is 0. The van der Waals surface area contributed by atoms with E-state index in [4.69, 9.17) is 4.42 Å². The molecule has 0 saturated carbocycles. The summed E-state index contributed by atoms with van der Waals surface area (Å²) in [6.07, 6.45) is 1.53. The monoisotopic (exact) mass is 334 g/mol. The molecular weight excluding hydrogens is 319 g/mol. The zero-order chi connectivity index (χ0) is 16.2. The van der Waals surface area contributed by atoms with Crippen molar-refractivity contribution >= 4 is 23.6 Å². The molecule has 2 amide bonds. The normalized spacial score (nSPS) is 17.5. The molecule has 1 saturated heterocycles. The summed E-state index contributed by atoms with van der Waals surface area (Å²) in [5.41, 5.74) is 0.680. The van der Waals surface area contributed by atoms with E-state index in [2.05, 4.69) is 5.32 Å². The highest BCUT2D eigenvalue weighted by molar-refractivity contribution is 8.00. The summed E-state index contributed by atoms with van der Waals surface area (Å²) in [5.74, 6) is 0.162. The number of nitrogens with one attached hydrogen (secondary N) is 1. The van der Waals surface area contributed by atoms with Gasteiger partial charge in [0.2, 0.25) is 11.8 Å². The zero-order valence-electron chi connectivity index (χ0n) is 12.2. The summed E-state index contributed by atoms with van der Waals surface area (Å²) in [6, 6.07) is 9.60. The van der Waals surface area contributed by atoms with Crippen LogP contribution in [0.15, 0.2) is 47.1 Å². The minimum Gasteiger partial charge on any atom is -0.467 e. The van der Waals surface area contributed by atoms with Gasteiger partial charge in [-0.05, 0) is 29.8 Å². The molecule has 1 aliphatic heterocycles. The highest BCUT2D eigenvalue weighted by Gasteiger charge is 2.34. The highest BCUT2D eigenvalue weighted by atomic mass is 32.2. The van der Waals surface area contributed by atoms with Crippen LogP contribution in [0.3, 0.4) is 0 Å². The Bertz CT molecular complexity index is 705.